The van der Waals surface area contributed by atoms with E-state index in [1.807, 2.05) is 18.2 Å². The predicted octanol–water partition coefficient (Wildman–Crippen LogP) is 16.3. The van der Waals surface area contributed by atoms with Crippen LogP contribution in [0.25, 0.3) is 0 Å². The van der Waals surface area contributed by atoms with E-state index in [9.17, 15) is 14.4 Å². The van der Waals surface area contributed by atoms with Gasteiger partial charge >= 0.3 is 18.0 Å². The topological polar surface area (TPSA) is 131 Å². The molecule has 2 unspecified atom stereocenters. The smallest absolute Gasteiger partial charge is 0.407 e. The number of nitrogens with one attached hydrogen (secondary N) is 1. The lowest BCUT2D eigenvalue weighted by atomic mass is 9.94. The summed E-state index contributed by atoms with van der Waals surface area (Å²) in [7, 11) is 0. The van der Waals surface area contributed by atoms with Crippen molar-refractivity contribution in [1.29, 1.82) is 0 Å². The van der Waals surface area contributed by atoms with E-state index in [2.05, 4.69) is 81.7 Å². The molecule has 1 heterocycles. The molecule has 1 fully saturated rings. The molecule has 0 radical (unpaired) electrons. The summed E-state index contributed by atoms with van der Waals surface area (Å²) in [6.07, 6.45) is 28.7. The molecule has 12 heteroatoms. The van der Waals surface area contributed by atoms with Crippen molar-refractivity contribution >= 4 is 18.0 Å². The molecule has 1 amide bonds. The van der Waals surface area contributed by atoms with E-state index in [0.717, 1.165) is 145 Å². The molecule has 0 bridgehead atoms. The fourth-order valence-corrected chi connectivity index (χ4v) is 9.32. The van der Waals surface area contributed by atoms with Gasteiger partial charge in [-0.2, -0.15) is 0 Å². The van der Waals surface area contributed by atoms with E-state index in [-0.39, 0.29) is 50.7 Å². The van der Waals surface area contributed by atoms with Gasteiger partial charge in [-0.15, -0.1) is 23.7 Å². The average Bonchev–Trinajstić information content (AvgIpc) is 3.98. The third-order valence-electron chi connectivity index (χ3n) is 14.2. The van der Waals surface area contributed by atoms with Crippen molar-refractivity contribution in [2.45, 2.75) is 272 Å². The first-order valence-electron chi connectivity index (χ1n) is 31.5. The Labute approximate surface area is 481 Å². The maximum absolute atomic E-state index is 13.3. The molecule has 448 valence electrons. The Morgan fingerprint density at radius 2 is 1.04 bits per heavy atom. The fraction of sp³-hybridized carbons (Fsp3) is 0.746. The van der Waals surface area contributed by atoms with Crippen molar-refractivity contribution in [2.75, 3.05) is 46.0 Å². The van der Waals surface area contributed by atoms with Crippen molar-refractivity contribution in [1.82, 2.24) is 10.2 Å². The van der Waals surface area contributed by atoms with E-state index < -0.39 is 12.4 Å². The number of ether oxygens (including phenoxy) is 7. The van der Waals surface area contributed by atoms with Crippen molar-refractivity contribution in [3.05, 3.63) is 59.6 Å². The van der Waals surface area contributed by atoms with E-state index >= 15 is 0 Å². The summed E-state index contributed by atoms with van der Waals surface area (Å²) in [6.45, 7) is 24.8. The molecule has 2 atom stereocenters. The molecule has 0 saturated carbocycles. The second kappa shape index (κ2) is 49.3. The number of hydrogen-bond donors (Lipinski definition) is 1. The van der Waals surface area contributed by atoms with Gasteiger partial charge in [0, 0.05) is 64.0 Å². The second-order valence-corrected chi connectivity index (χ2v) is 21.5. The molecule has 0 aromatic heterocycles. The number of allylic oxidation sites excluding steroid dienone is 2. The van der Waals surface area contributed by atoms with Gasteiger partial charge in [-0.05, 0) is 119 Å². The van der Waals surface area contributed by atoms with Crippen LogP contribution >= 0.6 is 0 Å². The Balaban J connectivity index is 2.05. The first-order valence-corrected chi connectivity index (χ1v) is 31.5. The minimum atomic E-state index is -0.584. The van der Waals surface area contributed by atoms with Crippen LogP contribution in [-0.2, 0) is 62.6 Å². The van der Waals surface area contributed by atoms with E-state index in [1.165, 1.54) is 57.8 Å². The quantitative estimate of drug-likeness (QED) is 0.0167. The molecular formula is C67H110N2O10. The first-order chi connectivity index (χ1) is 38.6. The summed E-state index contributed by atoms with van der Waals surface area (Å²) in [6, 6.07) is 5.79. The van der Waals surface area contributed by atoms with Gasteiger partial charge in [-0.25, -0.2) is 4.79 Å². The molecule has 1 aliphatic heterocycles. The zero-order valence-electron chi connectivity index (χ0n) is 50.6. The van der Waals surface area contributed by atoms with Crippen molar-refractivity contribution in [2.24, 2.45) is 5.92 Å². The third kappa shape index (κ3) is 39.5. The van der Waals surface area contributed by atoms with Crippen LogP contribution in [0.2, 0.25) is 0 Å². The van der Waals surface area contributed by atoms with E-state index in [4.69, 9.17) is 33.2 Å². The zero-order valence-corrected chi connectivity index (χ0v) is 50.6. The Kier molecular flexibility index (Phi) is 44.1. The molecule has 1 N–H and O–H groups in total. The van der Waals surface area contributed by atoms with E-state index in [1.54, 1.807) is 0 Å². The van der Waals surface area contributed by atoms with Gasteiger partial charge in [0.2, 0.25) is 0 Å². The third-order valence-corrected chi connectivity index (χ3v) is 14.2. The van der Waals surface area contributed by atoms with Gasteiger partial charge < -0.3 is 43.4 Å². The Bertz CT molecular complexity index is 1860. The Hall–Kier alpha value is -4.49. The molecule has 1 aromatic carbocycles. The van der Waals surface area contributed by atoms with Crippen molar-refractivity contribution in [3.8, 4) is 23.7 Å². The molecule has 0 spiro atoms. The number of carbonyl (C=O) groups excluding carboxylic acids is 3. The van der Waals surface area contributed by atoms with Gasteiger partial charge in [0.05, 0.1) is 37.8 Å². The molecule has 0 aliphatic carbocycles. The van der Waals surface area contributed by atoms with Crippen molar-refractivity contribution < 1.29 is 47.5 Å². The number of carbonyl (C=O) groups is 3. The van der Waals surface area contributed by atoms with Crippen LogP contribution in [0.5, 0.6) is 0 Å². The van der Waals surface area contributed by atoms with Crippen LogP contribution in [0.15, 0.2) is 42.9 Å². The number of benzene rings is 1. The number of alkyl carbamates (subject to hydrolysis) is 1. The highest BCUT2D eigenvalue weighted by Crippen LogP contribution is 2.26. The molecule has 1 aliphatic rings. The highest BCUT2D eigenvalue weighted by Gasteiger charge is 2.20. The number of nitrogens with zero attached hydrogens (tertiary/aromatic N) is 1. The number of amides is 1. The standard InChI is InChI=1S/C67H110N2O10/c1-8-13-18-22-25-34-49-74-66(75-50-35-26-23-19-14-9-2)43-42-65(71)78-56-61-52-59(54-76-57(6)36-28-24-27-33-48-73-58(7)62(37-17-12-5)38-29-20-15-10-3)51-60(53-61)55-77-64(70)41-40-63(39-30-21-16-11-4)79-67(72)68-44-47-69-45-31-32-46-69/h51-53,62-63,66H,6-21,24,27-50,54-56H2,1-5H3,(H,68,72). The lowest BCUT2D eigenvalue weighted by molar-refractivity contribution is -0.158. The average molecular weight is 1100 g/mol. The predicted molar refractivity (Wildman–Crippen MR) is 321 cm³/mol. The van der Waals surface area contributed by atoms with Crippen LogP contribution in [0, 0.1) is 29.6 Å². The summed E-state index contributed by atoms with van der Waals surface area (Å²) in [5, 5.41) is 2.91. The molecule has 1 aromatic rings. The molecular weight excluding hydrogens is 993 g/mol. The molecule has 1 saturated heterocycles. The number of hydrogen-bond acceptors (Lipinski definition) is 11. The summed E-state index contributed by atoms with van der Waals surface area (Å²) in [4.78, 5) is 41.7. The van der Waals surface area contributed by atoms with E-state index in [0.29, 0.717) is 70.1 Å². The first kappa shape index (κ1) is 70.6. The van der Waals surface area contributed by atoms with Gasteiger partial charge in [0.25, 0.3) is 0 Å². The number of rotatable bonds is 49. The number of esters is 2. The lowest BCUT2D eigenvalue weighted by Crippen LogP contribution is -2.35. The summed E-state index contributed by atoms with van der Waals surface area (Å²) in [5.74, 6) is 14.1. The minimum absolute atomic E-state index is 0.0192. The van der Waals surface area contributed by atoms with Crippen molar-refractivity contribution in [3.63, 3.8) is 0 Å². The van der Waals surface area contributed by atoms with Gasteiger partial charge in [-0.1, -0.05) is 131 Å². The summed E-state index contributed by atoms with van der Waals surface area (Å²) >= 11 is 0. The van der Waals surface area contributed by atoms with Gasteiger partial charge in [0.15, 0.2) is 6.29 Å². The highest BCUT2D eigenvalue weighted by atomic mass is 16.7. The lowest BCUT2D eigenvalue weighted by Gasteiger charge is -2.20. The van der Waals surface area contributed by atoms with Crippen LogP contribution < -0.4 is 5.32 Å². The summed E-state index contributed by atoms with van der Waals surface area (Å²) < 4.78 is 42.0. The SMILES string of the molecule is C=C(CCCCCCOC(=C)C(CCCC)CCCCCC)OCc1cc(COC(=O)CCC(CCCCCC)OC(=O)NCCN2CCCC2)cc(COC(=O)CCC(OCCC#CCCCC)OCCC#CCCCC)c1. The molecule has 12 nitrogen and oxygen atoms in total. The maximum Gasteiger partial charge on any atom is 0.407 e. The number of likely N-dealkylation sites (tertiary alicyclic amines) is 1. The van der Waals surface area contributed by atoms with Crippen LogP contribution in [0.3, 0.4) is 0 Å². The Morgan fingerprint density at radius 1 is 0.532 bits per heavy atom. The monoisotopic (exact) mass is 1100 g/mol. The minimum Gasteiger partial charge on any atom is -0.498 e. The molecule has 2 rings (SSSR count). The largest absolute Gasteiger partial charge is 0.498 e. The fourth-order valence-electron chi connectivity index (χ4n) is 9.32. The second-order valence-electron chi connectivity index (χ2n) is 21.5. The normalized spacial score (nSPS) is 12.9. The summed E-state index contributed by atoms with van der Waals surface area (Å²) in [5.41, 5.74) is 2.33. The van der Waals surface area contributed by atoms with Gasteiger partial charge in [-0.3, -0.25) is 9.59 Å². The van der Waals surface area contributed by atoms with Gasteiger partial charge in [0.1, 0.15) is 25.9 Å². The highest BCUT2D eigenvalue weighted by molar-refractivity contribution is 5.70. The Morgan fingerprint density at radius 3 is 1.62 bits per heavy atom. The van der Waals surface area contributed by atoms with Crippen LogP contribution in [0.1, 0.15) is 257 Å². The van der Waals surface area contributed by atoms with Crippen LogP contribution in [0.4, 0.5) is 4.79 Å². The number of unbranched alkanes of at least 4 members (excludes halogenated alkanes) is 14. The zero-order chi connectivity index (χ0) is 57.2. The van der Waals surface area contributed by atoms with Crippen LogP contribution in [-0.4, -0.2) is 81.3 Å². The molecule has 79 heavy (non-hydrogen) atoms. The maximum atomic E-state index is 13.3.